The molecule has 1 unspecified atom stereocenters. The van der Waals surface area contributed by atoms with Crippen molar-refractivity contribution >= 4 is 0 Å². The third kappa shape index (κ3) is 4.38. The zero-order valence-corrected chi connectivity index (χ0v) is 8.05. The fourth-order valence-corrected chi connectivity index (χ4v) is 1.18. The molecule has 0 aromatic carbocycles. The van der Waals surface area contributed by atoms with Crippen molar-refractivity contribution in [2.24, 2.45) is 5.41 Å². The van der Waals surface area contributed by atoms with Gasteiger partial charge in [-0.05, 0) is 11.8 Å². The van der Waals surface area contributed by atoms with Crippen LogP contribution in [0.3, 0.4) is 0 Å². The number of ether oxygens (including phenoxy) is 1. The van der Waals surface area contributed by atoms with Gasteiger partial charge in [0.1, 0.15) is 0 Å². The van der Waals surface area contributed by atoms with Gasteiger partial charge in [0.25, 0.3) is 0 Å². The first-order chi connectivity index (χ1) is 5.02. The highest BCUT2D eigenvalue weighted by Gasteiger charge is 2.22. The maximum Gasteiger partial charge on any atom is 0.0701 e. The Morgan fingerprint density at radius 3 is 2.18 bits per heavy atom. The van der Waals surface area contributed by atoms with E-state index >= 15 is 0 Å². The minimum atomic E-state index is 0.118. The third-order valence-electron chi connectivity index (χ3n) is 1.75. The summed E-state index contributed by atoms with van der Waals surface area (Å²) in [4.78, 5) is 0. The van der Waals surface area contributed by atoms with Gasteiger partial charge in [-0.25, -0.2) is 0 Å². The highest BCUT2D eigenvalue weighted by Crippen LogP contribution is 2.24. The van der Waals surface area contributed by atoms with Crippen LogP contribution in [-0.4, -0.2) is 24.4 Å². The van der Waals surface area contributed by atoms with Gasteiger partial charge in [0.2, 0.25) is 0 Å². The van der Waals surface area contributed by atoms with E-state index in [1.54, 1.807) is 0 Å². The second-order valence-corrected chi connectivity index (χ2v) is 3.86. The van der Waals surface area contributed by atoms with Gasteiger partial charge >= 0.3 is 0 Å². The average molecular weight is 160 g/mol. The van der Waals surface area contributed by atoms with E-state index in [1.165, 1.54) is 0 Å². The van der Waals surface area contributed by atoms with Crippen molar-refractivity contribution in [1.82, 2.24) is 0 Å². The first kappa shape index (κ1) is 10.9. The lowest BCUT2D eigenvalue weighted by Gasteiger charge is -2.29. The lowest BCUT2D eigenvalue weighted by atomic mass is 9.87. The van der Waals surface area contributed by atoms with Crippen molar-refractivity contribution in [2.75, 3.05) is 13.2 Å². The van der Waals surface area contributed by atoms with Gasteiger partial charge in [-0.1, -0.05) is 27.7 Å². The largest absolute Gasteiger partial charge is 0.394 e. The first-order valence-electron chi connectivity index (χ1n) is 4.24. The molecule has 0 aromatic heterocycles. The fourth-order valence-electron chi connectivity index (χ4n) is 1.18. The molecule has 0 aliphatic heterocycles. The molecule has 2 nitrogen and oxygen atoms in total. The van der Waals surface area contributed by atoms with Gasteiger partial charge in [-0.2, -0.15) is 0 Å². The summed E-state index contributed by atoms with van der Waals surface area (Å²) < 4.78 is 5.45. The summed E-state index contributed by atoms with van der Waals surface area (Å²) in [5, 5.41) is 8.55. The Hall–Kier alpha value is -0.0800. The van der Waals surface area contributed by atoms with Gasteiger partial charge < -0.3 is 9.84 Å². The normalized spacial score (nSPS) is 15.0. The summed E-state index contributed by atoms with van der Waals surface area (Å²) in [6, 6.07) is 0. The SMILES string of the molecule is CCC(OCCO)C(C)(C)C. The minimum absolute atomic E-state index is 0.118. The van der Waals surface area contributed by atoms with E-state index in [0.717, 1.165) is 6.42 Å². The molecule has 0 saturated carbocycles. The summed E-state index contributed by atoms with van der Waals surface area (Å²) in [6.07, 6.45) is 1.26. The molecule has 0 amide bonds. The lowest BCUT2D eigenvalue weighted by molar-refractivity contribution is -0.0330. The fraction of sp³-hybridized carbons (Fsp3) is 1.00. The summed E-state index contributed by atoms with van der Waals surface area (Å²) in [7, 11) is 0. The van der Waals surface area contributed by atoms with E-state index in [2.05, 4.69) is 27.7 Å². The predicted molar refractivity (Wildman–Crippen MR) is 46.6 cm³/mol. The van der Waals surface area contributed by atoms with E-state index < -0.39 is 0 Å². The van der Waals surface area contributed by atoms with Crippen LogP contribution in [0.4, 0.5) is 0 Å². The molecule has 1 N–H and O–H groups in total. The Morgan fingerprint density at radius 2 is 1.91 bits per heavy atom. The van der Waals surface area contributed by atoms with E-state index in [-0.39, 0.29) is 18.1 Å². The zero-order valence-electron chi connectivity index (χ0n) is 8.05. The van der Waals surface area contributed by atoms with Crippen LogP contribution in [0.5, 0.6) is 0 Å². The van der Waals surface area contributed by atoms with Crippen molar-refractivity contribution in [2.45, 2.75) is 40.2 Å². The summed E-state index contributed by atoms with van der Waals surface area (Å²) in [6.45, 7) is 9.13. The van der Waals surface area contributed by atoms with Crippen LogP contribution < -0.4 is 0 Å². The third-order valence-corrected chi connectivity index (χ3v) is 1.75. The molecular formula is C9H20O2. The van der Waals surface area contributed by atoms with Gasteiger partial charge in [-0.3, -0.25) is 0 Å². The molecule has 0 radical (unpaired) electrons. The van der Waals surface area contributed by atoms with E-state index in [4.69, 9.17) is 9.84 Å². The number of aliphatic hydroxyl groups is 1. The van der Waals surface area contributed by atoms with Crippen LogP contribution in [0, 0.1) is 5.41 Å². The Bertz CT molecular complexity index is 94.2. The number of hydrogen-bond acceptors (Lipinski definition) is 2. The zero-order chi connectivity index (χ0) is 8.91. The quantitative estimate of drug-likeness (QED) is 0.679. The van der Waals surface area contributed by atoms with Crippen LogP contribution in [0.15, 0.2) is 0 Å². The van der Waals surface area contributed by atoms with Crippen molar-refractivity contribution < 1.29 is 9.84 Å². The average Bonchev–Trinajstić information content (AvgIpc) is 1.87. The second kappa shape index (κ2) is 4.73. The molecule has 0 aliphatic carbocycles. The smallest absolute Gasteiger partial charge is 0.0701 e. The number of hydrogen-bond donors (Lipinski definition) is 1. The van der Waals surface area contributed by atoms with Crippen LogP contribution in [0.2, 0.25) is 0 Å². The molecule has 2 heteroatoms. The second-order valence-electron chi connectivity index (χ2n) is 3.86. The molecule has 0 rings (SSSR count). The highest BCUT2D eigenvalue weighted by molar-refractivity contribution is 4.72. The van der Waals surface area contributed by atoms with Crippen LogP contribution >= 0.6 is 0 Å². The lowest BCUT2D eigenvalue weighted by Crippen LogP contribution is -2.29. The maximum absolute atomic E-state index is 8.55. The van der Waals surface area contributed by atoms with Gasteiger partial charge in [0, 0.05) is 0 Å². The molecule has 0 aliphatic rings. The summed E-state index contributed by atoms with van der Waals surface area (Å²) in [5.74, 6) is 0. The summed E-state index contributed by atoms with van der Waals surface area (Å²) in [5.41, 5.74) is 0.184. The van der Waals surface area contributed by atoms with Crippen LogP contribution in [-0.2, 0) is 4.74 Å². The van der Waals surface area contributed by atoms with Gasteiger partial charge in [0.05, 0.1) is 19.3 Å². The predicted octanol–water partition coefficient (Wildman–Crippen LogP) is 1.82. The van der Waals surface area contributed by atoms with E-state index in [1.807, 2.05) is 0 Å². The van der Waals surface area contributed by atoms with E-state index in [9.17, 15) is 0 Å². The van der Waals surface area contributed by atoms with Crippen molar-refractivity contribution in [3.63, 3.8) is 0 Å². The topological polar surface area (TPSA) is 29.5 Å². The molecule has 68 valence electrons. The molecular weight excluding hydrogens is 140 g/mol. The van der Waals surface area contributed by atoms with Crippen molar-refractivity contribution in [1.29, 1.82) is 0 Å². The van der Waals surface area contributed by atoms with E-state index in [0.29, 0.717) is 6.61 Å². The first-order valence-corrected chi connectivity index (χ1v) is 4.24. The molecule has 0 heterocycles. The maximum atomic E-state index is 8.55. The molecule has 0 fully saturated rings. The molecule has 1 atom stereocenters. The molecule has 0 bridgehead atoms. The van der Waals surface area contributed by atoms with Crippen LogP contribution in [0.1, 0.15) is 34.1 Å². The molecule has 0 aromatic rings. The Kier molecular flexibility index (Phi) is 4.69. The van der Waals surface area contributed by atoms with Crippen molar-refractivity contribution in [3.05, 3.63) is 0 Å². The van der Waals surface area contributed by atoms with Gasteiger partial charge in [-0.15, -0.1) is 0 Å². The molecule has 0 saturated heterocycles. The Labute approximate surface area is 69.6 Å². The minimum Gasteiger partial charge on any atom is -0.394 e. The molecule has 11 heavy (non-hydrogen) atoms. The number of rotatable bonds is 4. The van der Waals surface area contributed by atoms with Gasteiger partial charge in [0.15, 0.2) is 0 Å². The standard InChI is InChI=1S/C9H20O2/c1-5-8(9(2,3)4)11-7-6-10/h8,10H,5-7H2,1-4H3. The Balaban J connectivity index is 3.76. The number of aliphatic hydroxyl groups excluding tert-OH is 1. The van der Waals surface area contributed by atoms with Crippen molar-refractivity contribution in [3.8, 4) is 0 Å². The Morgan fingerprint density at radius 1 is 1.36 bits per heavy atom. The highest BCUT2D eigenvalue weighted by atomic mass is 16.5. The summed E-state index contributed by atoms with van der Waals surface area (Å²) >= 11 is 0. The molecule has 0 spiro atoms. The monoisotopic (exact) mass is 160 g/mol. The van der Waals surface area contributed by atoms with Crippen LogP contribution in [0.25, 0.3) is 0 Å².